The first kappa shape index (κ1) is 10.8. The van der Waals surface area contributed by atoms with Gasteiger partial charge in [-0.1, -0.05) is 30.3 Å². The van der Waals surface area contributed by atoms with E-state index in [0.717, 1.165) is 24.2 Å². The highest BCUT2D eigenvalue weighted by Crippen LogP contribution is 2.06. The molecule has 3 aromatic rings. The van der Waals surface area contributed by atoms with Crippen LogP contribution in [0.5, 0.6) is 0 Å². The molecule has 0 radical (unpaired) electrons. The van der Waals surface area contributed by atoms with Crippen LogP contribution in [-0.4, -0.2) is 20.2 Å². The minimum Gasteiger partial charge on any atom is -0.234 e. The monoisotopic (exact) mass is 236 g/mol. The Hall–Kier alpha value is -2.36. The van der Waals surface area contributed by atoms with Gasteiger partial charge in [0.05, 0.1) is 0 Å². The SMILES string of the molecule is c1ccc(CCc2nnc3ncccc3n2)cc1. The van der Waals surface area contributed by atoms with Crippen LogP contribution in [0.1, 0.15) is 11.4 Å². The first-order chi connectivity index (χ1) is 8.92. The van der Waals surface area contributed by atoms with Gasteiger partial charge in [-0.15, -0.1) is 10.2 Å². The molecule has 18 heavy (non-hydrogen) atoms. The lowest BCUT2D eigenvalue weighted by Crippen LogP contribution is -2.01. The van der Waals surface area contributed by atoms with E-state index in [-0.39, 0.29) is 0 Å². The third kappa shape index (κ3) is 2.32. The molecule has 3 rings (SSSR count). The summed E-state index contributed by atoms with van der Waals surface area (Å²) in [6.07, 6.45) is 3.42. The van der Waals surface area contributed by atoms with Crippen LogP contribution >= 0.6 is 0 Å². The summed E-state index contributed by atoms with van der Waals surface area (Å²) < 4.78 is 0. The summed E-state index contributed by atoms with van der Waals surface area (Å²) >= 11 is 0. The van der Waals surface area contributed by atoms with Crippen molar-refractivity contribution in [2.45, 2.75) is 12.8 Å². The molecule has 0 fully saturated rings. The van der Waals surface area contributed by atoms with Gasteiger partial charge in [0.2, 0.25) is 0 Å². The molecule has 4 heteroatoms. The second-order valence-electron chi connectivity index (χ2n) is 4.06. The molecule has 4 nitrogen and oxygen atoms in total. The second kappa shape index (κ2) is 4.87. The Morgan fingerprint density at radius 2 is 1.72 bits per heavy atom. The molecule has 2 heterocycles. The van der Waals surface area contributed by atoms with Crippen molar-refractivity contribution in [3.63, 3.8) is 0 Å². The van der Waals surface area contributed by atoms with Gasteiger partial charge in [0.1, 0.15) is 5.52 Å². The van der Waals surface area contributed by atoms with Gasteiger partial charge >= 0.3 is 0 Å². The zero-order valence-corrected chi connectivity index (χ0v) is 9.82. The molecule has 0 aliphatic heterocycles. The normalized spacial score (nSPS) is 10.7. The maximum atomic E-state index is 4.45. The summed E-state index contributed by atoms with van der Waals surface area (Å²) in [7, 11) is 0. The Bertz CT molecular complexity index is 652. The Kier molecular flexibility index (Phi) is 2.92. The fourth-order valence-corrected chi connectivity index (χ4v) is 1.83. The summed E-state index contributed by atoms with van der Waals surface area (Å²) in [5, 5.41) is 8.17. The lowest BCUT2D eigenvalue weighted by atomic mass is 10.1. The maximum Gasteiger partial charge on any atom is 0.200 e. The van der Waals surface area contributed by atoms with Crippen molar-refractivity contribution < 1.29 is 0 Å². The van der Waals surface area contributed by atoms with Gasteiger partial charge in [0.15, 0.2) is 11.5 Å². The zero-order valence-electron chi connectivity index (χ0n) is 9.82. The van der Waals surface area contributed by atoms with Crippen LogP contribution in [0.15, 0.2) is 48.7 Å². The van der Waals surface area contributed by atoms with Crippen molar-refractivity contribution in [1.82, 2.24) is 20.2 Å². The fourth-order valence-electron chi connectivity index (χ4n) is 1.83. The van der Waals surface area contributed by atoms with E-state index in [4.69, 9.17) is 0 Å². The molecular formula is C14H12N4. The molecule has 0 unspecified atom stereocenters. The number of fused-ring (bicyclic) bond motifs is 1. The number of benzene rings is 1. The molecule has 0 saturated carbocycles. The van der Waals surface area contributed by atoms with Gasteiger partial charge in [-0.05, 0) is 24.1 Å². The van der Waals surface area contributed by atoms with Crippen molar-refractivity contribution >= 4 is 11.2 Å². The highest BCUT2D eigenvalue weighted by molar-refractivity contribution is 5.67. The number of pyridine rings is 1. The predicted octanol–water partition coefficient (Wildman–Crippen LogP) is 2.21. The number of rotatable bonds is 3. The summed E-state index contributed by atoms with van der Waals surface area (Å²) in [4.78, 5) is 8.56. The van der Waals surface area contributed by atoms with Crippen molar-refractivity contribution in [3.8, 4) is 0 Å². The molecule has 0 atom stereocenters. The third-order valence-corrected chi connectivity index (χ3v) is 2.76. The largest absolute Gasteiger partial charge is 0.234 e. The van der Waals surface area contributed by atoms with E-state index >= 15 is 0 Å². The van der Waals surface area contributed by atoms with Crippen LogP contribution in [0.4, 0.5) is 0 Å². The molecule has 0 aliphatic carbocycles. The highest BCUT2D eigenvalue weighted by atomic mass is 15.2. The molecule has 1 aromatic carbocycles. The highest BCUT2D eigenvalue weighted by Gasteiger charge is 2.02. The van der Waals surface area contributed by atoms with Crippen molar-refractivity contribution in [3.05, 3.63) is 60.0 Å². The van der Waals surface area contributed by atoms with Gasteiger partial charge in [0.25, 0.3) is 0 Å². The summed E-state index contributed by atoms with van der Waals surface area (Å²) in [5.41, 5.74) is 2.68. The second-order valence-corrected chi connectivity index (χ2v) is 4.06. The van der Waals surface area contributed by atoms with Crippen LogP contribution in [0, 0.1) is 0 Å². The van der Waals surface area contributed by atoms with E-state index in [9.17, 15) is 0 Å². The predicted molar refractivity (Wildman–Crippen MR) is 69.0 cm³/mol. The Morgan fingerprint density at radius 1 is 0.833 bits per heavy atom. The number of aromatic nitrogens is 4. The molecule has 88 valence electrons. The lowest BCUT2D eigenvalue weighted by molar-refractivity contribution is 0.820. The lowest BCUT2D eigenvalue weighted by Gasteiger charge is -2.01. The quantitative estimate of drug-likeness (QED) is 0.699. The average Bonchev–Trinajstić information content (AvgIpc) is 2.46. The molecule has 0 amide bonds. The van der Waals surface area contributed by atoms with Crippen LogP contribution < -0.4 is 0 Å². The standard InChI is InChI=1S/C14H12N4/c1-2-5-11(6-3-1)8-9-13-16-12-7-4-10-15-14(12)18-17-13/h1-7,10H,8-9H2. The van der Waals surface area contributed by atoms with Crippen molar-refractivity contribution in [1.29, 1.82) is 0 Å². The molecule has 0 N–H and O–H groups in total. The van der Waals surface area contributed by atoms with Gasteiger partial charge < -0.3 is 0 Å². The van der Waals surface area contributed by atoms with E-state index in [2.05, 4.69) is 32.3 Å². The molecule has 0 bridgehead atoms. The first-order valence-corrected chi connectivity index (χ1v) is 5.90. The van der Waals surface area contributed by atoms with Gasteiger partial charge in [-0.3, -0.25) is 0 Å². The van der Waals surface area contributed by atoms with E-state index < -0.39 is 0 Å². The van der Waals surface area contributed by atoms with Crippen LogP contribution in [0.2, 0.25) is 0 Å². The van der Waals surface area contributed by atoms with Crippen LogP contribution in [0.3, 0.4) is 0 Å². The van der Waals surface area contributed by atoms with Gasteiger partial charge in [-0.2, -0.15) is 0 Å². The van der Waals surface area contributed by atoms with E-state index in [1.165, 1.54) is 5.56 Å². The summed E-state index contributed by atoms with van der Waals surface area (Å²) in [6.45, 7) is 0. The smallest absolute Gasteiger partial charge is 0.200 e. The maximum absolute atomic E-state index is 4.45. The van der Waals surface area contributed by atoms with E-state index in [1.54, 1.807) is 6.20 Å². The topological polar surface area (TPSA) is 51.6 Å². The van der Waals surface area contributed by atoms with Gasteiger partial charge in [0, 0.05) is 12.6 Å². The number of aryl methyl sites for hydroxylation is 2. The fraction of sp³-hybridized carbons (Fsp3) is 0.143. The van der Waals surface area contributed by atoms with Crippen molar-refractivity contribution in [2.24, 2.45) is 0 Å². The van der Waals surface area contributed by atoms with E-state index in [0.29, 0.717) is 5.65 Å². The van der Waals surface area contributed by atoms with Crippen LogP contribution in [0.25, 0.3) is 11.2 Å². The minimum absolute atomic E-state index is 0.598. The first-order valence-electron chi connectivity index (χ1n) is 5.90. The van der Waals surface area contributed by atoms with Crippen LogP contribution in [-0.2, 0) is 12.8 Å². The minimum atomic E-state index is 0.598. The molecule has 0 saturated heterocycles. The van der Waals surface area contributed by atoms with E-state index in [1.807, 2.05) is 30.3 Å². The summed E-state index contributed by atoms with van der Waals surface area (Å²) in [6, 6.07) is 14.1. The molecule has 0 aliphatic rings. The number of hydrogen-bond acceptors (Lipinski definition) is 4. The van der Waals surface area contributed by atoms with Gasteiger partial charge in [-0.25, -0.2) is 9.97 Å². The Labute approximate surface area is 105 Å². The van der Waals surface area contributed by atoms with Crippen molar-refractivity contribution in [2.75, 3.05) is 0 Å². The molecule has 0 spiro atoms. The molecule has 2 aromatic heterocycles. The average molecular weight is 236 g/mol. The zero-order chi connectivity index (χ0) is 12.2. The third-order valence-electron chi connectivity index (χ3n) is 2.76. The molecular weight excluding hydrogens is 224 g/mol. The Balaban J connectivity index is 1.79. The summed E-state index contributed by atoms with van der Waals surface area (Å²) in [5.74, 6) is 0.763. The Morgan fingerprint density at radius 3 is 2.61 bits per heavy atom. The number of hydrogen-bond donors (Lipinski definition) is 0. The number of nitrogens with zero attached hydrogens (tertiary/aromatic N) is 4.